The van der Waals surface area contributed by atoms with Gasteiger partial charge in [-0.1, -0.05) is 0 Å². The molecule has 0 fully saturated rings. The number of halogens is 1. The number of nitrogens with one attached hydrogen (secondary N) is 1. The first-order valence-electron chi connectivity index (χ1n) is 2.67. The summed E-state index contributed by atoms with van der Waals surface area (Å²) < 4.78 is 0. The Labute approximate surface area is 63.2 Å². The molecule has 4 nitrogen and oxygen atoms in total. The van der Waals surface area contributed by atoms with Crippen LogP contribution < -0.4 is 5.32 Å². The molecule has 0 aliphatic rings. The van der Waals surface area contributed by atoms with E-state index in [0.717, 1.165) is 0 Å². The molecule has 0 radical (unpaired) electrons. The van der Waals surface area contributed by atoms with Gasteiger partial charge in [0, 0.05) is 0 Å². The molecule has 0 aromatic rings. The van der Waals surface area contributed by atoms with Crippen molar-refractivity contribution < 1.29 is 14.7 Å². The van der Waals surface area contributed by atoms with Crippen molar-refractivity contribution in [3.8, 4) is 0 Å². The lowest BCUT2D eigenvalue weighted by Crippen LogP contribution is -2.33. The van der Waals surface area contributed by atoms with Crippen LogP contribution in [0.3, 0.4) is 0 Å². The van der Waals surface area contributed by atoms with E-state index in [1.165, 1.54) is 6.92 Å². The van der Waals surface area contributed by atoms with Crippen molar-refractivity contribution >= 4 is 23.5 Å². The number of carboxylic acids is 1. The van der Waals surface area contributed by atoms with Crippen molar-refractivity contribution in [2.75, 3.05) is 6.54 Å². The van der Waals surface area contributed by atoms with Crippen molar-refractivity contribution in [3.05, 3.63) is 0 Å². The fraction of sp³-hybridized carbons (Fsp3) is 0.600. The maximum atomic E-state index is 10.5. The van der Waals surface area contributed by atoms with Crippen LogP contribution in [-0.4, -0.2) is 28.9 Å². The minimum Gasteiger partial charge on any atom is -0.480 e. The van der Waals surface area contributed by atoms with Crippen molar-refractivity contribution in [2.45, 2.75) is 12.3 Å². The summed E-state index contributed by atoms with van der Waals surface area (Å²) in [5, 5.41) is 9.52. The van der Waals surface area contributed by atoms with Gasteiger partial charge in [-0.25, -0.2) is 0 Å². The maximum absolute atomic E-state index is 10.5. The molecular weight excluding hydrogens is 158 g/mol. The lowest BCUT2D eigenvalue weighted by molar-refractivity contribution is -0.137. The summed E-state index contributed by atoms with van der Waals surface area (Å²) in [6.45, 7) is 1.09. The summed E-state index contributed by atoms with van der Waals surface area (Å²) in [6.07, 6.45) is 0. The van der Waals surface area contributed by atoms with Gasteiger partial charge in [0.1, 0.15) is 11.9 Å². The number of alkyl halides is 1. The van der Waals surface area contributed by atoms with Gasteiger partial charge in [0.05, 0.1) is 0 Å². The van der Waals surface area contributed by atoms with Gasteiger partial charge in [0.15, 0.2) is 0 Å². The summed E-state index contributed by atoms with van der Waals surface area (Å²) in [4.78, 5) is 20.4. The van der Waals surface area contributed by atoms with Gasteiger partial charge in [-0.15, -0.1) is 11.6 Å². The second-order valence-corrected chi connectivity index (χ2v) is 2.38. The van der Waals surface area contributed by atoms with Gasteiger partial charge in [0.2, 0.25) is 5.91 Å². The highest BCUT2D eigenvalue weighted by Crippen LogP contribution is 1.90. The summed E-state index contributed by atoms with van der Waals surface area (Å²) >= 11 is 5.31. The Bertz CT molecular complexity index is 146. The predicted octanol–water partition coefficient (Wildman–Crippen LogP) is -0.186. The van der Waals surface area contributed by atoms with E-state index in [0.29, 0.717) is 0 Å². The van der Waals surface area contributed by atoms with Gasteiger partial charge >= 0.3 is 5.97 Å². The van der Waals surface area contributed by atoms with Crippen LogP contribution in [-0.2, 0) is 9.59 Å². The third-order valence-corrected chi connectivity index (χ3v) is 0.973. The molecule has 0 aromatic carbocycles. The lowest BCUT2D eigenvalue weighted by Gasteiger charge is -2.01. The number of carbonyl (C=O) groups is 2. The molecule has 0 aliphatic heterocycles. The molecule has 10 heavy (non-hydrogen) atoms. The quantitative estimate of drug-likeness (QED) is 0.570. The lowest BCUT2D eigenvalue weighted by atomic mass is 10.4. The highest BCUT2D eigenvalue weighted by Gasteiger charge is 2.08. The van der Waals surface area contributed by atoms with E-state index in [1.807, 2.05) is 0 Å². The zero-order valence-electron chi connectivity index (χ0n) is 5.43. The van der Waals surface area contributed by atoms with Crippen LogP contribution in [0, 0.1) is 0 Å². The summed E-state index contributed by atoms with van der Waals surface area (Å²) in [5.74, 6) is -1.55. The number of rotatable bonds is 3. The van der Waals surface area contributed by atoms with Crippen LogP contribution in [0.25, 0.3) is 0 Å². The van der Waals surface area contributed by atoms with Gasteiger partial charge in [-0.2, -0.15) is 0 Å². The van der Waals surface area contributed by atoms with E-state index >= 15 is 0 Å². The van der Waals surface area contributed by atoms with Crippen LogP contribution in [0.15, 0.2) is 0 Å². The number of carboxylic acid groups (broad SMARTS) is 1. The second kappa shape index (κ2) is 4.11. The highest BCUT2D eigenvalue weighted by molar-refractivity contribution is 6.30. The number of aliphatic carboxylic acids is 1. The molecule has 0 spiro atoms. The standard InChI is InChI=1S/C5H8ClNO3/c1-3(6)5(10)7-2-4(8)9/h3H,2H2,1H3,(H,7,10)(H,8,9). The van der Waals surface area contributed by atoms with E-state index in [4.69, 9.17) is 16.7 Å². The SMILES string of the molecule is CC(Cl)C(=O)NCC(=O)O. The van der Waals surface area contributed by atoms with E-state index in [9.17, 15) is 9.59 Å². The monoisotopic (exact) mass is 165 g/mol. The highest BCUT2D eigenvalue weighted by atomic mass is 35.5. The number of carbonyl (C=O) groups excluding carboxylic acids is 1. The Morgan fingerprint density at radius 1 is 1.70 bits per heavy atom. The van der Waals surface area contributed by atoms with E-state index in [1.54, 1.807) is 0 Å². The van der Waals surface area contributed by atoms with Gasteiger partial charge < -0.3 is 10.4 Å². The minimum absolute atomic E-state index is 0.379. The Morgan fingerprint density at radius 3 is 2.50 bits per heavy atom. The fourth-order valence-corrected chi connectivity index (χ4v) is 0.381. The molecule has 1 atom stereocenters. The average Bonchev–Trinajstić information content (AvgIpc) is 1.82. The molecule has 2 N–H and O–H groups in total. The first-order chi connectivity index (χ1) is 4.54. The van der Waals surface area contributed by atoms with Crippen molar-refractivity contribution in [1.82, 2.24) is 5.32 Å². The molecule has 1 unspecified atom stereocenters. The predicted molar refractivity (Wildman–Crippen MR) is 36.0 cm³/mol. The zero-order chi connectivity index (χ0) is 8.15. The summed E-state index contributed by atoms with van der Waals surface area (Å²) in [5.41, 5.74) is 0. The van der Waals surface area contributed by atoms with Crippen LogP contribution in [0.1, 0.15) is 6.92 Å². The molecule has 0 saturated heterocycles. The van der Waals surface area contributed by atoms with Gasteiger partial charge in [-0.3, -0.25) is 9.59 Å². The number of amides is 1. The molecule has 0 bridgehead atoms. The molecule has 0 rings (SSSR count). The van der Waals surface area contributed by atoms with Crippen LogP contribution >= 0.6 is 11.6 Å². The molecular formula is C5H8ClNO3. The number of hydrogen-bond donors (Lipinski definition) is 2. The van der Waals surface area contributed by atoms with Gasteiger partial charge in [-0.05, 0) is 6.92 Å². The van der Waals surface area contributed by atoms with Crippen LogP contribution in [0.5, 0.6) is 0 Å². The van der Waals surface area contributed by atoms with E-state index < -0.39 is 17.3 Å². The normalized spacial score (nSPS) is 12.2. The maximum Gasteiger partial charge on any atom is 0.322 e. The average molecular weight is 166 g/mol. The van der Waals surface area contributed by atoms with Crippen LogP contribution in [0.4, 0.5) is 0 Å². The first kappa shape index (κ1) is 9.23. The molecule has 5 heteroatoms. The van der Waals surface area contributed by atoms with Crippen LogP contribution in [0.2, 0.25) is 0 Å². The van der Waals surface area contributed by atoms with Gasteiger partial charge in [0.25, 0.3) is 0 Å². The van der Waals surface area contributed by atoms with E-state index in [2.05, 4.69) is 5.32 Å². The molecule has 0 aliphatic carbocycles. The molecule has 0 saturated carbocycles. The second-order valence-electron chi connectivity index (χ2n) is 1.73. The fourth-order valence-electron chi connectivity index (χ4n) is 0.303. The third-order valence-electron chi connectivity index (χ3n) is 0.775. The number of hydrogen-bond acceptors (Lipinski definition) is 2. The molecule has 0 heterocycles. The molecule has 58 valence electrons. The molecule has 1 amide bonds. The Balaban J connectivity index is 3.50. The Hall–Kier alpha value is -0.770. The third kappa shape index (κ3) is 4.14. The summed E-state index contributed by atoms with van der Waals surface area (Å²) in [6, 6.07) is 0. The topological polar surface area (TPSA) is 66.4 Å². The van der Waals surface area contributed by atoms with Crippen molar-refractivity contribution in [1.29, 1.82) is 0 Å². The van der Waals surface area contributed by atoms with E-state index in [-0.39, 0.29) is 6.54 Å². The smallest absolute Gasteiger partial charge is 0.322 e. The molecule has 0 aromatic heterocycles. The Kier molecular flexibility index (Phi) is 3.79. The minimum atomic E-state index is -1.08. The van der Waals surface area contributed by atoms with Crippen molar-refractivity contribution in [3.63, 3.8) is 0 Å². The zero-order valence-corrected chi connectivity index (χ0v) is 6.18. The largest absolute Gasteiger partial charge is 0.480 e. The van der Waals surface area contributed by atoms with Crippen molar-refractivity contribution in [2.24, 2.45) is 0 Å². The summed E-state index contributed by atoms with van der Waals surface area (Å²) in [7, 11) is 0. The first-order valence-corrected chi connectivity index (χ1v) is 3.11. The Morgan fingerprint density at radius 2 is 2.20 bits per heavy atom.